The molecule has 3 nitrogen and oxygen atoms in total. The van der Waals surface area contributed by atoms with Gasteiger partial charge in [-0.15, -0.1) is 0 Å². The van der Waals surface area contributed by atoms with E-state index in [0.29, 0.717) is 11.7 Å². The summed E-state index contributed by atoms with van der Waals surface area (Å²) < 4.78 is 5.04. The fourth-order valence-electron chi connectivity index (χ4n) is 1.22. The highest BCUT2D eigenvalue weighted by atomic mass is 16.5. The maximum absolute atomic E-state index is 5.04. The van der Waals surface area contributed by atoms with Crippen molar-refractivity contribution < 1.29 is 4.52 Å². The SMILES string of the molecule is CC.CCc1nc(-c2ccc(C)cc2)no1. The summed E-state index contributed by atoms with van der Waals surface area (Å²) in [6, 6.07) is 8.08. The molecule has 0 aliphatic rings. The van der Waals surface area contributed by atoms with Gasteiger partial charge < -0.3 is 4.52 Å². The Morgan fingerprint density at radius 1 is 1.12 bits per heavy atom. The van der Waals surface area contributed by atoms with E-state index in [1.165, 1.54) is 5.56 Å². The van der Waals surface area contributed by atoms with Crippen molar-refractivity contribution in [3.8, 4) is 11.4 Å². The van der Waals surface area contributed by atoms with Gasteiger partial charge >= 0.3 is 0 Å². The number of rotatable bonds is 2. The highest BCUT2D eigenvalue weighted by Gasteiger charge is 2.05. The summed E-state index contributed by atoms with van der Waals surface area (Å²) in [4.78, 5) is 4.25. The van der Waals surface area contributed by atoms with Crippen LogP contribution in [0.15, 0.2) is 28.8 Å². The molecule has 86 valence electrons. The van der Waals surface area contributed by atoms with Gasteiger partial charge in [0.1, 0.15) is 0 Å². The first-order valence-corrected chi connectivity index (χ1v) is 5.69. The first kappa shape index (κ1) is 12.4. The van der Waals surface area contributed by atoms with Gasteiger partial charge in [0.2, 0.25) is 11.7 Å². The molecule has 0 fully saturated rings. The average Bonchev–Trinajstić information content (AvgIpc) is 2.81. The van der Waals surface area contributed by atoms with E-state index in [4.69, 9.17) is 4.52 Å². The number of hydrogen-bond donors (Lipinski definition) is 0. The van der Waals surface area contributed by atoms with Crippen molar-refractivity contribution in [2.45, 2.75) is 34.1 Å². The molecule has 1 heterocycles. The molecule has 2 aromatic rings. The third-order valence-electron chi connectivity index (χ3n) is 2.08. The maximum atomic E-state index is 5.04. The van der Waals surface area contributed by atoms with Crippen molar-refractivity contribution in [3.63, 3.8) is 0 Å². The topological polar surface area (TPSA) is 38.9 Å². The van der Waals surface area contributed by atoms with E-state index in [1.807, 2.05) is 45.0 Å². The van der Waals surface area contributed by atoms with Crippen LogP contribution in [0.1, 0.15) is 32.2 Å². The molecule has 1 aromatic heterocycles. The maximum Gasteiger partial charge on any atom is 0.226 e. The minimum Gasteiger partial charge on any atom is -0.339 e. The fraction of sp³-hybridized carbons (Fsp3) is 0.385. The number of hydrogen-bond acceptors (Lipinski definition) is 3. The predicted octanol–water partition coefficient (Wildman–Crippen LogP) is 3.63. The zero-order valence-corrected chi connectivity index (χ0v) is 10.3. The van der Waals surface area contributed by atoms with E-state index in [1.54, 1.807) is 0 Å². The number of aromatic nitrogens is 2. The largest absolute Gasteiger partial charge is 0.339 e. The van der Waals surface area contributed by atoms with Crippen LogP contribution in [0.3, 0.4) is 0 Å². The van der Waals surface area contributed by atoms with Gasteiger partial charge in [-0.3, -0.25) is 0 Å². The monoisotopic (exact) mass is 218 g/mol. The zero-order chi connectivity index (χ0) is 12.0. The fourth-order valence-corrected chi connectivity index (χ4v) is 1.22. The molecule has 0 N–H and O–H groups in total. The minimum atomic E-state index is 0.668. The van der Waals surface area contributed by atoms with E-state index in [-0.39, 0.29) is 0 Å². The molecule has 0 amide bonds. The second-order valence-electron chi connectivity index (χ2n) is 3.23. The Bertz CT molecular complexity index is 418. The van der Waals surface area contributed by atoms with E-state index in [0.717, 1.165) is 12.0 Å². The molecule has 0 saturated heterocycles. The van der Waals surface area contributed by atoms with Crippen molar-refractivity contribution in [2.24, 2.45) is 0 Å². The van der Waals surface area contributed by atoms with Gasteiger partial charge in [-0.05, 0) is 6.92 Å². The van der Waals surface area contributed by atoms with Gasteiger partial charge in [-0.1, -0.05) is 55.8 Å². The standard InChI is InChI=1S/C11H12N2O.C2H6/c1-3-10-12-11(13-14-10)9-6-4-8(2)5-7-9;1-2/h4-7H,3H2,1-2H3;1-2H3. The van der Waals surface area contributed by atoms with E-state index in [9.17, 15) is 0 Å². The summed E-state index contributed by atoms with van der Waals surface area (Å²) in [6.45, 7) is 8.05. The molecule has 3 heteroatoms. The molecule has 0 aliphatic heterocycles. The molecule has 0 bridgehead atoms. The summed E-state index contributed by atoms with van der Waals surface area (Å²) in [6.07, 6.45) is 0.777. The number of aryl methyl sites for hydroxylation is 2. The lowest BCUT2D eigenvalue weighted by atomic mass is 10.1. The molecule has 0 unspecified atom stereocenters. The predicted molar refractivity (Wildman–Crippen MR) is 65.2 cm³/mol. The third-order valence-corrected chi connectivity index (χ3v) is 2.08. The van der Waals surface area contributed by atoms with Crippen LogP contribution in [-0.4, -0.2) is 10.1 Å². The molecule has 2 rings (SSSR count). The second kappa shape index (κ2) is 6.05. The highest BCUT2D eigenvalue weighted by Crippen LogP contribution is 2.16. The van der Waals surface area contributed by atoms with E-state index >= 15 is 0 Å². The van der Waals surface area contributed by atoms with Crippen molar-refractivity contribution in [3.05, 3.63) is 35.7 Å². The van der Waals surface area contributed by atoms with Gasteiger partial charge in [-0.2, -0.15) is 4.98 Å². The van der Waals surface area contributed by atoms with Crippen LogP contribution in [-0.2, 0) is 6.42 Å². The highest BCUT2D eigenvalue weighted by molar-refractivity contribution is 5.54. The van der Waals surface area contributed by atoms with Crippen LogP contribution < -0.4 is 0 Å². The molecular weight excluding hydrogens is 200 g/mol. The Hall–Kier alpha value is -1.64. The smallest absolute Gasteiger partial charge is 0.226 e. The van der Waals surface area contributed by atoms with Crippen molar-refractivity contribution in [1.29, 1.82) is 0 Å². The Morgan fingerprint density at radius 2 is 1.75 bits per heavy atom. The summed E-state index contributed by atoms with van der Waals surface area (Å²) in [5.41, 5.74) is 2.23. The number of nitrogens with zero attached hydrogens (tertiary/aromatic N) is 2. The summed E-state index contributed by atoms with van der Waals surface area (Å²) in [5.74, 6) is 1.35. The Kier molecular flexibility index (Phi) is 4.70. The van der Waals surface area contributed by atoms with Gasteiger partial charge in [-0.25, -0.2) is 0 Å². The first-order chi connectivity index (χ1) is 7.79. The summed E-state index contributed by atoms with van der Waals surface area (Å²) >= 11 is 0. The lowest BCUT2D eigenvalue weighted by Gasteiger charge is -1.94. The van der Waals surface area contributed by atoms with Crippen molar-refractivity contribution >= 4 is 0 Å². The number of benzene rings is 1. The van der Waals surface area contributed by atoms with Crippen LogP contribution in [0, 0.1) is 6.92 Å². The third kappa shape index (κ3) is 2.92. The molecule has 0 saturated carbocycles. The second-order valence-corrected chi connectivity index (χ2v) is 3.23. The van der Waals surface area contributed by atoms with E-state index < -0.39 is 0 Å². The van der Waals surface area contributed by atoms with Crippen molar-refractivity contribution in [2.75, 3.05) is 0 Å². The zero-order valence-electron chi connectivity index (χ0n) is 10.3. The molecule has 0 radical (unpaired) electrons. The van der Waals surface area contributed by atoms with Crippen LogP contribution in [0.5, 0.6) is 0 Å². The summed E-state index contributed by atoms with van der Waals surface area (Å²) in [5, 5.41) is 3.90. The molecule has 1 aromatic carbocycles. The normalized spacial score (nSPS) is 9.50. The lowest BCUT2D eigenvalue weighted by Crippen LogP contribution is -1.82. The van der Waals surface area contributed by atoms with Crippen LogP contribution in [0.4, 0.5) is 0 Å². The quantitative estimate of drug-likeness (QED) is 0.772. The van der Waals surface area contributed by atoms with Gasteiger partial charge in [0, 0.05) is 12.0 Å². The molecule has 16 heavy (non-hydrogen) atoms. The van der Waals surface area contributed by atoms with Crippen LogP contribution in [0.2, 0.25) is 0 Å². The van der Waals surface area contributed by atoms with Gasteiger partial charge in [0.25, 0.3) is 0 Å². The Morgan fingerprint density at radius 3 is 2.25 bits per heavy atom. The van der Waals surface area contributed by atoms with Gasteiger partial charge in [0.05, 0.1) is 0 Å². The van der Waals surface area contributed by atoms with Crippen LogP contribution >= 0.6 is 0 Å². The molecule has 0 spiro atoms. The van der Waals surface area contributed by atoms with Crippen molar-refractivity contribution in [1.82, 2.24) is 10.1 Å². The average molecular weight is 218 g/mol. The Labute approximate surface area is 96.5 Å². The molecular formula is C13H18N2O. The molecule has 0 atom stereocenters. The van der Waals surface area contributed by atoms with E-state index in [2.05, 4.69) is 17.1 Å². The van der Waals surface area contributed by atoms with Gasteiger partial charge in [0.15, 0.2) is 0 Å². The lowest BCUT2D eigenvalue weighted by molar-refractivity contribution is 0.383. The van der Waals surface area contributed by atoms with Crippen LogP contribution in [0.25, 0.3) is 11.4 Å². The first-order valence-electron chi connectivity index (χ1n) is 5.69. The minimum absolute atomic E-state index is 0.668. The summed E-state index contributed by atoms with van der Waals surface area (Å²) in [7, 11) is 0. The molecule has 0 aliphatic carbocycles. The Balaban J connectivity index is 0.000000606.